The molecule has 0 bridgehead atoms. The smallest absolute Gasteiger partial charge is 0.338 e. The van der Waals surface area contributed by atoms with Gasteiger partial charge in [0.2, 0.25) is 5.91 Å². The number of carbonyl (C=O) groups excluding carboxylic acids is 2. The molecule has 2 aromatic carbocycles. The lowest BCUT2D eigenvalue weighted by atomic mass is 10.2. The second-order valence-corrected chi connectivity index (χ2v) is 5.55. The fraction of sp³-hybridized carbons (Fsp3) is 0.263. The lowest BCUT2D eigenvalue weighted by Gasteiger charge is -2.26. The predicted molar refractivity (Wildman–Crippen MR) is 92.0 cm³/mol. The highest BCUT2D eigenvalue weighted by Crippen LogP contribution is 2.31. The average Bonchev–Trinajstić information content (AvgIpc) is 2.62. The van der Waals surface area contributed by atoms with Crippen molar-refractivity contribution in [3.05, 3.63) is 54.1 Å². The van der Waals surface area contributed by atoms with E-state index in [2.05, 4.69) is 5.32 Å². The summed E-state index contributed by atoms with van der Waals surface area (Å²) in [5.74, 6) is 0.766. The Balaban J connectivity index is 1.54. The molecular weight excluding hydrogens is 322 g/mol. The van der Waals surface area contributed by atoms with Gasteiger partial charge in [-0.3, -0.25) is 4.79 Å². The van der Waals surface area contributed by atoms with Gasteiger partial charge in [0.15, 0.2) is 11.5 Å². The van der Waals surface area contributed by atoms with E-state index in [0.29, 0.717) is 36.0 Å². The molecule has 1 aliphatic heterocycles. The van der Waals surface area contributed by atoms with Crippen LogP contribution in [0.1, 0.15) is 23.7 Å². The van der Waals surface area contributed by atoms with Gasteiger partial charge in [0, 0.05) is 5.69 Å². The molecule has 0 fully saturated rings. The summed E-state index contributed by atoms with van der Waals surface area (Å²) in [6, 6.07) is 13.9. The van der Waals surface area contributed by atoms with Crippen LogP contribution in [0.15, 0.2) is 48.5 Å². The number of fused-ring (bicyclic) bond motifs is 1. The van der Waals surface area contributed by atoms with Crippen molar-refractivity contribution in [1.29, 1.82) is 0 Å². The third kappa shape index (κ3) is 4.29. The molecule has 0 unspecified atom stereocenters. The zero-order valence-corrected chi connectivity index (χ0v) is 13.9. The zero-order chi connectivity index (χ0) is 17.6. The Morgan fingerprint density at radius 3 is 2.56 bits per heavy atom. The third-order valence-electron chi connectivity index (χ3n) is 3.66. The summed E-state index contributed by atoms with van der Waals surface area (Å²) in [7, 11) is 0. The molecule has 130 valence electrons. The number of ether oxygens (including phenoxy) is 3. The van der Waals surface area contributed by atoms with Gasteiger partial charge in [0.25, 0.3) is 0 Å². The molecule has 0 spiro atoms. The summed E-state index contributed by atoms with van der Waals surface area (Å²) < 4.78 is 16.3. The Morgan fingerprint density at radius 2 is 1.84 bits per heavy atom. The van der Waals surface area contributed by atoms with Crippen LogP contribution in [-0.2, 0) is 9.53 Å². The molecule has 1 atom stereocenters. The number of hydrogen-bond donors (Lipinski definition) is 1. The molecule has 0 radical (unpaired) electrons. The summed E-state index contributed by atoms with van der Waals surface area (Å²) in [5, 5.41) is 2.78. The van der Waals surface area contributed by atoms with Crippen molar-refractivity contribution >= 4 is 17.6 Å². The molecule has 0 saturated heterocycles. The van der Waals surface area contributed by atoms with Crippen molar-refractivity contribution in [2.75, 3.05) is 18.5 Å². The van der Waals surface area contributed by atoms with Gasteiger partial charge >= 0.3 is 5.97 Å². The van der Waals surface area contributed by atoms with E-state index in [4.69, 9.17) is 14.2 Å². The van der Waals surface area contributed by atoms with Crippen LogP contribution in [0.5, 0.6) is 11.5 Å². The average molecular weight is 341 g/mol. The largest absolute Gasteiger partial charge is 0.486 e. The van der Waals surface area contributed by atoms with Gasteiger partial charge in [-0.1, -0.05) is 12.1 Å². The summed E-state index contributed by atoms with van der Waals surface area (Å²) in [6.45, 7) is 2.40. The van der Waals surface area contributed by atoms with Crippen molar-refractivity contribution in [3.8, 4) is 11.5 Å². The predicted octanol–water partition coefficient (Wildman–Crippen LogP) is 3.03. The monoisotopic (exact) mass is 341 g/mol. The SMILES string of the molecule is CCOC(=O)c1ccc(NC(=O)C[C@H]2COc3ccccc3O2)cc1. The summed E-state index contributed by atoms with van der Waals surface area (Å²) in [5.41, 5.74) is 1.05. The van der Waals surface area contributed by atoms with Crippen LogP contribution < -0.4 is 14.8 Å². The number of rotatable bonds is 5. The molecule has 0 aromatic heterocycles. The molecule has 0 aliphatic carbocycles. The van der Waals surface area contributed by atoms with Crippen molar-refractivity contribution in [3.63, 3.8) is 0 Å². The minimum Gasteiger partial charge on any atom is -0.486 e. The molecule has 1 heterocycles. The summed E-state index contributed by atoms with van der Waals surface area (Å²) in [6.07, 6.45) is -0.165. The van der Waals surface area contributed by atoms with Crippen molar-refractivity contribution in [2.24, 2.45) is 0 Å². The minimum absolute atomic E-state index is 0.175. The van der Waals surface area contributed by atoms with Crippen LogP contribution in [0.4, 0.5) is 5.69 Å². The molecule has 6 heteroatoms. The molecular formula is C19H19NO5. The van der Waals surface area contributed by atoms with Gasteiger partial charge in [-0.2, -0.15) is 0 Å². The van der Waals surface area contributed by atoms with Crippen LogP contribution in [0.2, 0.25) is 0 Å². The number of carbonyl (C=O) groups is 2. The topological polar surface area (TPSA) is 73.9 Å². The van der Waals surface area contributed by atoms with E-state index in [-0.39, 0.29) is 24.4 Å². The van der Waals surface area contributed by atoms with E-state index in [1.54, 1.807) is 31.2 Å². The Bertz CT molecular complexity index is 757. The van der Waals surface area contributed by atoms with Crippen LogP contribution in [-0.4, -0.2) is 31.2 Å². The van der Waals surface area contributed by atoms with E-state index in [1.165, 1.54) is 0 Å². The van der Waals surface area contributed by atoms with Gasteiger partial charge < -0.3 is 19.5 Å². The maximum Gasteiger partial charge on any atom is 0.338 e. The maximum absolute atomic E-state index is 12.2. The molecule has 6 nitrogen and oxygen atoms in total. The standard InChI is InChI=1S/C19H19NO5/c1-2-23-19(22)13-7-9-14(10-8-13)20-18(21)11-15-12-24-16-5-3-4-6-17(16)25-15/h3-10,15H,2,11-12H2,1H3,(H,20,21)/t15-/m0/s1. The molecule has 25 heavy (non-hydrogen) atoms. The first-order valence-corrected chi connectivity index (χ1v) is 8.11. The Hall–Kier alpha value is -3.02. The van der Waals surface area contributed by atoms with Crippen LogP contribution in [0, 0.1) is 0 Å². The fourth-order valence-electron chi connectivity index (χ4n) is 2.49. The number of hydrogen-bond acceptors (Lipinski definition) is 5. The van der Waals surface area contributed by atoms with Crippen LogP contribution in [0.25, 0.3) is 0 Å². The number of amides is 1. The minimum atomic E-state index is -0.383. The molecule has 0 saturated carbocycles. The van der Waals surface area contributed by atoms with E-state index < -0.39 is 0 Å². The first-order valence-electron chi connectivity index (χ1n) is 8.11. The first-order chi connectivity index (χ1) is 12.2. The lowest BCUT2D eigenvalue weighted by molar-refractivity contribution is -0.118. The second-order valence-electron chi connectivity index (χ2n) is 5.55. The van der Waals surface area contributed by atoms with Gasteiger partial charge in [-0.05, 0) is 43.3 Å². The molecule has 1 N–H and O–H groups in total. The highest BCUT2D eigenvalue weighted by atomic mass is 16.6. The lowest BCUT2D eigenvalue weighted by Crippen LogP contribution is -2.33. The number of nitrogens with one attached hydrogen (secondary N) is 1. The Morgan fingerprint density at radius 1 is 1.12 bits per heavy atom. The highest BCUT2D eigenvalue weighted by molar-refractivity contribution is 5.93. The van der Waals surface area contributed by atoms with Gasteiger partial charge in [0.1, 0.15) is 12.7 Å². The number of para-hydroxylation sites is 2. The Labute approximate surface area is 145 Å². The number of anilines is 1. The summed E-state index contributed by atoms with van der Waals surface area (Å²) in [4.78, 5) is 23.8. The first kappa shape index (κ1) is 16.8. The van der Waals surface area contributed by atoms with E-state index in [0.717, 1.165) is 0 Å². The molecule has 1 aliphatic rings. The maximum atomic E-state index is 12.2. The van der Waals surface area contributed by atoms with Gasteiger partial charge in [-0.25, -0.2) is 4.79 Å². The normalized spacial score (nSPS) is 15.3. The molecule has 2 aromatic rings. The van der Waals surface area contributed by atoms with Crippen LogP contribution in [0.3, 0.4) is 0 Å². The Kier molecular flexibility index (Phi) is 5.18. The number of esters is 1. The van der Waals surface area contributed by atoms with Crippen LogP contribution >= 0.6 is 0 Å². The second kappa shape index (κ2) is 7.70. The van der Waals surface area contributed by atoms with Crippen molar-refractivity contribution < 1.29 is 23.8 Å². The molecule has 1 amide bonds. The number of benzene rings is 2. The fourth-order valence-corrected chi connectivity index (χ4v) is 2.49. The van der Waals surface area contributed by atoms with Crippen molar-refractivity contribution in [1.82, 2.24) is 0 Å². The summed E-state index contributed by atoms with van der Waals surface area (Å²) >= 11 is 0. The van der Waals surface area contributed by atoms with Crippen molar-refractivity contribution in [2.45, 2.75) is 19.4 Å². The van der Waals surface area contributed by atoms with E-state index >= 15 is 0 Å². The van der Waals surface area contributed by atoms with Gasteiger partial charge in [0.05, 0.1) is 18.6 Å². The zero-order valence-electron chi connectivity index (χ0n) is 13.9. The molecule has 3 rings (SSSR count). The van der Waals surface area contributed by atoms with E-state index in [9.17, 15) is 9.59 Å². The highest BCUT2D eigenvalue weighted by Gasteiger charge is 2.23. The third-order valence-corrected chi connectivity index (χ3v) is 3.66. The van der Waals surface area contributed by atoms with Gasteiger partial charge in [-0.15, -0.1) is 0 Å². The van der Waals surface area contributed by atoms with E-state index in [1.807, 2.05) is 24.3 Å². The quantitative estimate of drug-likeness (QED) is 0.846.